The number of ether oxygens (including phenoxy) is 1. The van der Waals surface area contributed by atoms with Crippen molar-refractivity contribution in [3.8, 4) is 5.75 Å². The smallest absolute Gasteiger partial charge is 0.432 e. The summed E-state index contributed by atoms with van der Waals surface area (Å²) in [6.45, 7) is 3.32. The van der Waals surface area contributed by atoms with Gasteiger partial charge in [0.1, 0.15) is 11.3 Å². The highest BCUT2D eigenvalue weighted by Gasteiger charge is 2.66. The van der Waals surface area contributed by atoms with E-state index < -0.39 is 44.9 Å². The number of alkyl halides is 5. The van der Waals surface area contributed by atoms with Gasteiger partial charge in [0.2, 0.25) is 0 Å². The molecule has 0 aromatic heterocycles. The largest absolute Gasteiger partial charge is 0.506 e. The van der Waals surface area contributed by atoms with Crippen molar-refractivity contribution < 1.29 is 49.6 Å². The van der Waals surface area contributed by atoms with E-state index in [0.717, 1.165) is 12.1 Å². The molecule has 0 bridgehead atoms. The minimum atomic E-state index is -6.55. The Morgan fingerprint density at radius 1 is 1.28 bits per heavy atom. The molecule has 0 amide bonds. The van der Waals surface area contributed by atoms with E-state index in [4.69, 9.17) is 4.55 Å². The van der Waals surface area contributed by atoms with Crippen molar-refractivity contribution in [2.45, 2.75) is 17.5 Å². The zero-order chi connectivity index (χ0) is 19.8. The summed E-state index contributed by atoms with van der Waals surface area (Å²) < 4.78 is 97.9. The van der Waals surface area contributed by atoms with Crippen molar-refractivity contribution in [3.05, 3.63) is 33.4 Å². The van der Waals surface area contributed by atoms with Crippen LogP contribution in [0.5, 0.6) is 5.75 Å². The van der Waals surface area contributed by atoms with E-state index in [1.165, 1.54) is 28.7 Å². The second-order valence-electron chi connectivity index (χ2n) is 4.47. The molecule has 1 rings (SSSR count). The number of carbonyl (C=O) groups is 1. The number of hydrogen-bond acceptors (Lipinski definition) is 5. The van der Waals surface area contributed by atoms with Gasteiger partial charge in [-0.1, -0.05) is 12.7 Å². The van der Waals surface area contributed by atoms with Crippen LogP contribution in [0.15, 0.2) is 18.7 Å². The SMILES string of the molecule is C=Cc1cc(I)c(O)c(C(=O)OC(C(F)(F)F)C(F)(F)S(=O)(=O)O)c1. The lowest BCUT2D eigenvalue weighted by Crippen LogP contribution is -2.52. The molecule has 0 aliphatic rings. The first-order chi connectivity index (χ1) is 11.1. The minimum absolute atomic E-state index is 0.0351. The number of carbonyl (C=O) groups excluding carboxylic acids is 1. The van der Waals surface area contributed by atoms with Crippen molar-refractivity contribution in [3.63, 3.8) is 0 Å². The fourth-order valence-corrected chi connectivity index (χ4v) is 2.63. The van der Waals surface area contributed by atoms with E-state index in [-0.39, 0.29) is 9.13 Å². The molecule has 2 N–H and O–H groups in total. The average molecular weight is 502 g/mol. The molecule has 0 saturated carbocycles. The molecule has 0 spiro atoms. The van der Waals surface area contributed by atoms with Crippen LogP contribution in [0.1, 0.15) is 15.9 Å². The summed E-state index contributed by atoms with van der Waals surface area (Å²) in [5.41, 5.74) is -0.790. The molecule has 0 radical (unpaired) electrons. The molecule has 1 atom stereocenters. The van der Waals surface area contributed by atoms with E-state index in [1.54, 1.807) is 0 Å². The van der Waals surface area contributed by atoms with Crippen molar-refractivity contribution in [2.75, 3.05) is 0 Å². The van der Waals surface area contributed by atoms with Gasteiger partial charge in [0.25, 0.3) is 6.10 Å². The number of hydrogen-bond donors (Lipinski definition) is 2. The highest BCUT2D eigenvalue weighted by molar-refractivity contribution is 14.1. The summed E-state index contributed by atoms with van der Waals surface area (Å²) in [7, 11) is -6.55. The molecule has 1 unspecified atom stereocenters. The maximum Gasteiger partial charge on any atom is 0.432 e. The van der Waals surface area contributed by atoms with Crippen LogP contribution in [-0.4, -0.2) is 41.6 Å². The van der Waals surface area contributed by atoms with Crippen LogP contribution in [0.3, 0.4) is 0 Å². The Balaban J connectivity index is 3.39. The predicted molar refractivity (Wildman–Crippen MR) is 82.7 cm³/mol. The second kappa shape index (κ2) is 7.03. The standard InChI is InChI=1S/C12H8F5IO6S/c1-2-5-3-6(8(19)7(18)4-5)9(20)24-10(11(13,14)15)12(16,17)25(21,22)23/h2-4,10,19H,1H2,(H,21,22,23). The van der Waals surface area contributed by atoms with Gasteiger partial charge in [-0.2, -0.15) is 30.4 Å². The van der Waals surface area contributed by atoms with Crippen LogP contribution in [0.25, 0.3) is 6.08 Å². The van der Waals surface area contributed by atoms with Crippen molar-refractivity contribution in [2.24, 2.45) is 0 Å². The third-order valence-corrected chi connectivity index (χ3v) is 4.44. The molecule has 1 aromatic rings. The molecule has 0 aliphatic carbocycles. The highest BCUT2D eigenvalue weighted by Crippen LogP contribution is 2.39. The summed E-state index contributed by atoms with van der Waals surface area (Å²) in [6, 6.07) is 2.07. The van der Waals surface area contributed by atoms with E-state index in [9.17, 15) is 40.3 Å². The molecule has 6 nitrogen and oxygen atoms in total. The zero-order valence-corrected chi connectivity index (χ0v) is 14.7. The summed E-state index contributed by atoms with van der Waals surface area (Å²) >= 11 is 1.50. The molecule has 1 aromatic carbocycles. The number of phenolic OH excluding ortho intramolecular Hbond substituents is 1. The first-order valence-corrected chi connectivity index (χ1v) is 8.42. The molecule has 13 heteroatoms. The molecule has 25 heavy (non-hydrogen) atoms. The minimum Gasteiger partial charge on any atom is -0.506 e. The second-order valence-corrected chi connectivity index (χ2v) is 7.12. The Labute approximate surface area is 151 Å². The topological polar surface area (TPSA) is 101 Å². The maximum absolute atomic E-state index is 13.4. The fourth-order valence-electron chi connectivity index (χ4n) is 1.53. The number of esters is 1. The van der Waals surface area contributed by atoms with E-state index in [2.05, 4.69) is 11.3 Å². The third kappa shape index (κ3) is 4.58. The van der Waals surface area contributed by atoms with E-state index in [0.29, 0.717) is 0 Å². The molecule has 0 fully saturated rings. The number of phenols is 1. The van der Waals surface area contributed by atoms with E-state index >= 15 is 0 Å². The third-order valence-electron chi connectivity index (χ3n) is 2.71. The van der Waals surface area contributed by atoms with Crippen LogP contribution < -0.4 is 0 Å². The summed E-state index contributed by atoms with van der Waals surface area (Å²) in [4.78, 5) is 11.8. The van der Waals surface area contributed by atoms with Gasteiger partial charge in [0, 0.05) is 0 Å². The van der Waals surface area contributed by atoms with Gasteiger partial charge < -0.3 is 9.84 Å². The Kier molecular flexibility index (Phi) is 6.06. The van der Waals surface area contributed by atoms with Gasteiger partial charge in [-0.05, 0) is 40.3 Å². The van der Waals surface area contributed by atoms with Gasteiger partial charge in [0.15, 0.2) is 0 Å². The van der Waals surface area contributed by atoms with Crippen LogP contribution >= 0.6 is 22.6 Å². The Morgan fingerprint density at radius 2 is 1.80 bits per heavy atom. The summed E-state index contributed by atoms with van der Waals surface area (Å²) in [5, 5.41) is 3.83. The Bertz CT molecular complexity index is 805. The maximum atomic E-state index is 13.4. The van der Waals surface area contributed by atoms with Crippen molar-refractivity contribution in [1.29, 1.82) is 0 Å². The van der Waals surface area contributed by atoms with Gasteiger partial charge in [0.05, 0.1) is 3.57 Å². The molecule has 0 heterocycles. The lowest BCUT2D eigenvalue weighted by molar-refractivity contribution is -0.248. The first-order valence-electron chi connectivity index (χ1n) is 5.90. The fraction of sp³-hybridized carbons (Fsp3) is 0.250. The molecule has 0 aliphatic heterocycles. The summed E-state index contributed by atoms with van der Waals surface area (Å²) in [5.74, 6) is -2.95. The number of halogens is 6. The summed E-state index contributed by atoms with van der Waals surface area (Å²) in [6.07, 6.45) is -9.38. The average Bonchev–Trinajstić information content (AvgIpc) is 2.44. The van der Waals surface area contributed by atoms with Crippen molar-refractivity contribution in [1.82, 2.24) is 0 Å². The predicted octanol–water partition coefficient (Wildman–Crippen LogP) is 3.21. The van der Waals surface area contributed by atoms with Gasteiger partial charge in [-0.25, -0.2) is 4.79 Å². The van der Waals surface area contributed by atoms with Crippen LogP contribution in [0.2, 0.25) is 0 Å². The molecule has 140 valence electrons. The lowest BCUT2D eigenvalue weighted by atomic mass is 10.1. The Hall–Kier alpha value is -1.48. The van der Waals surface area contributed by atoms with Crippen LogP contribution in [0.4, 0.5) is 22.0 Å². The molecular weight excluding hydrogens is 494 g/mol. The number of aromatic hydroxyl groups is 1. The monoisotopic (exact) mass is 502 g/mol. The lowest BCUT2D eigenvalue weighted by Gasteiger charge is -2.26. The number of rotatable bonds is 5. The van der Waals surface area contributed by atoms with Gasteiger partial charge in [-0.3, -0.25) is 4.55 Å². The highest BCUT2D eigenvalue weighted by atomic mass is 127. The van der Waals surface area contributed by atoms with Crippen LogP contribution in [0, 0.1) is 3.57 Å². The van der Waals surface area contributed by atoms with Gasteiger partial charge >= 0.3 is 27.5 Å². The van der Waals surface area contributed by atoms with Crippen molar-refractivity contribution >= 4 is 44.8 Å². The first kappa shape index (κ1) is 21.6. The molecular formula is C12H8F5IO6S. The van der Waals surface area contributed by atoms with Crippen LogP contribution in [-0.2, 0) is 14.9 Å². The molecule has 0 saturated heterocycles. The zero-order valence-electron chi connectivity index (χ0n) is 11.7. The quantitative estimate of drug-likeness (QED) is 0.278. The normalized spacial score (nSPS) is 14.0. The van der Waals surface area contributed by atoms with Gasteiger partial charge in [-0.15, -0.1) is 0 Å². The van der Waals surface area contributed by atoms with E-state index in [1.807, 2.05) is 0 Å². The number of benzene rings is 1. The Morgan fingerprint density at radius 3 is 2.20 bits per heavy atom.